The molecule has 0 radical (unpaired) electrons. The van der Waals surface area contributed by atoms with Gasteiger partial charge in [0.1, 0.15) is 18.5 Å². The summed E-state index contributed by atoms with van der Waals surface area (Å²) in [7, 11) is 0. The Hall–Kier alpha value is -1.52. The molecule has 3 nitrogen and oxygen atoms in total. The highest BCUT2D eigenvalue weighted by Gasteiger charge is 2.07. The van der Waals surface area contributed by atoms with Gasteiger partial charge < -0.3 is 15.2 Å². The zero-order valence-corrected chi connectivity index (χ0v) is 12.9. The highest BCUT2D eigenvalue weighted by atomic mass is 79.9. The van der Waals surface area contributed by atoms with Gasteiger partial charge in [-0.1, -0.05) is 30.3 Å². The van der Waals surface area contributed by atoms with Crippen molar-refractivity contribution in [1.29, 1.82) is 0 Å². The fourth-order valence-electron chi connectivity index (χ4n) is 1.78. The van der Waals surface area contributed by atoms with Crippen molar-refractivity contribution in [3.63, 3.8) is 0 Å². The molecule has 0 fully saturated rings. The van der Waals surface area contributed by atoms with Crippen molar-refractivity contribution in [3.8, 4) is 5.75 Å². The quantitative estimate of drug-likeness (QED) is 0.847. The molecule has 0 aliphatic carbocycles. The molecule has 1 atom stereocenters. The number of benzene rings is 2. The predicted octanol–water partition coefficient (Wildman–Crippen LogP) is 3.61. The first-order valence-corrected chi connectivity index (χ1v) is 7.31. The monoisotopic (exact) mass is 335 g/mol. The van der Waals surface area contributed by atoms with Crippen LogP contribution in [0.25, 0.3) is 0 Å². The van der Waals surface area contributed by atoms with Gasteiger partial charge in [0, 0.05) is 16.7 Å². The maximum Gasteiger partial charge on any atom is 0.119 e. The van der Waals surface area contributed by atoms with Crippen LogP contribution in [0.2, 0.25) is 0 Å². The molecule has 0 aromatic heterocycles. The van der Waals surface area contributed by atoms with Crippen molar-refractivity contribution >= 4 is 21.6 Å². The lowest BCUT2D eigenvalue weighted by Gasteiger charge is -2.15. The van der Waals surface area contributed by atoms with Gasteiger partial charge in [-0.2, -0.15) is 0 Å². The van der Waals surface area contributed by atoms with Crippen molar-refractivity contribution < 1.29 is 9.84 Å². The third-order valence-electron chi connectivity index (χ3n) is 2.91. The van der Waals surface area contributed by atoms with Gasteiger partial charge >= 0.3 is 0 Å². The molecule has 0 bridgehead atoms. The molecule has 0 saturated carbocycles. The standard InChI is InChI=1S/C16H18BrNO2/c1-12-6-5-9-15(16(12)17)18-10-13(19)11-20-14-7-3-2-4-8-14/h2-9,13,18-19H,10-11H2,1H3. The average molecular weight is 336 g/mol. The van der Waals surface area contributed by atoms with Crippen LogP contribution in [0.4, 0.5) is 5.69 Å². The van der Waals surface area contributed by atoms with Crippen LogP contribution in [0, 0.1) is 6.92 Å². The molecule has 2 aromatic rings. The molecule has 0 aliphatic heterocycles. The summed E-state index contributed by atoms with van der Waals surface area (Å²) in [5.41, 5.74) is 2.13. The Morgan fingerprint density at radius 2 is 1.90 bits per heavy atom. The van der Waals surface area contributed by atoms with Crippen LogP contribution < -0.4 is 10.1 Å². The van der Waals surface area contributed by atoms with Gasteiger partial charge in [-0.05, 0) is 46.6 Å². The van der Waals surface area contributed by atoms with E-state index < -0.39 is 6.10 Å². The first-order valence-electron chi connectivity index (χ1n) is 6.51. The number of aliphatic hydroxyl groups excluding tert-OH is 1. The molecule has 0 amide bonds. The van der Waals surface area contributed by atoms with E-state index >= 15 is 0 Å². The SMILES string of the molecule is Cc1cccc(NCC(O)COc2ccccc2)c1Br. The molecular weight excluding hydrogens is 318 g/mol. The Kier molecular flexibility index (Phi) is 5.44. The molecule has 2 aromatic carbocycles. The summed E-state index contributed by atoms with van der Waals surface area (Å²) in [4.78, 5) is 0. The fourth-order valence-corrected chi connectivity index (χ4v) is 2.18. The fraction of sp³-hybridized carbons (Fsp3) is 0.250. The smallest absolute Gasteiger partial charge is 0.119 e. The lowest BCUT2D eigenvalue weighted by molar-refractivity contribution is 0.117. The van der Waals surface area contributed by atoms with Gasteiger partial charge in [-0.15, -0.1) is 0 Å². The van der Waals surface area contributed by atoms with Gasteiger partial charge in [-0.25, -0.2) is 0 Å². The van der Waals surface area contributed by atoms with E-state index in [0.717, 1.165) is 21.5 Å². The second-order valence-corrected chi connectivity index (χ2v) is 5.39. The van der Waals surface area contributed by atoms with Gasteiger partial charge in [0.25, 0.3) is 0 Å². The van der Waals surface area contributed by atoms with Gasteiger partial charge in [0.2, 0.25) is 0 Å². The number of rotatable bonds is 6. The van der Waals surface area contributed by atoms with E-state index in [2.05, 4.69) is 21.2 Å². The Balaban J connectivity index is 1.80. The predicted molar refractivity (Wildman–Crippen MR) is 85.3 cm³/mol. The van der Waals surface area contributed by atoms with E-state index in [0.29, 0.717) is 6.54 Å². The zero-order chi connectivity index (χ0) is 14.4. The Morgan fingerprint density at radius 3 is 2.65 bits per heavy atom. The summed E-state index contributed by atoms with van der Waals surface area (Å²) in [6.07, 6.45) is -0.567. The van der Waals surface area contributed by atoms with Crippen molar-refractivity contribution in [2.45, 2.75) is 13.0 Å². The number of para-hydroxylation sites is 1. The van der Waals surface area contributed by atoms with Crippen LogP contribution >= 0.6 is 15.9 Å². The Morgan fingerprint density at radius 1 is 1.15 bits per heavy atom. The third-order valence-corrected chi connectivity index (χ3v) is 3.96. The highest BCUT2D eigenvalue weighted by molar-refractivity contribution is 9.10. The second-order valence-electron chi connectivity index (χ2n) is 4.60. The van der Waals surface area contributed by atoms with E-state index in [9.17, 15) is 5.11 Å². The summed E-state index contributed by atoms with van der Waals surface area (Å²) < 4.78 is 6.53. The molecule has 2 N–H and O–H groups in total. The molecule has 4 heteroatoms. The van der Waals surface area contributed by atoms with E-state index in [1.54, 1.807) is 0 Å². The van der Waals surface area contributed by atoms with Gasteiger partial charge in [0.15, 0.2) is 0 Å². The number of aryl methyl sites for hydroxylation is 1. The number of halogens is 1. The summed E-state index contributed by atoms with van der Waals surface area (Å²) in [6.45, 7) is 2.74. The normalized spacial score (nSPS) is 11.9. The van der Waals surface area contributed by atoms with Crippen molar-refractivity contribution in [1.82, 2.24) is 0 Å². The van der Waals surface area contributed by atoms with E-state index in [1.165, 1.54) is 0 Å². The summed E-state index contributed by atoms with van der Waals surface area (Å²) >= 11 is 3.53. The minimum Gasteiger partial charge on any atom is -0.491 e. The average Bonchev–Trinajstić information content (AvgIpc) is 2.48. The number of nitrogens with one attached hydrogen (secondary N) is 1. The number of hydrogen-bond donors (Lipinski definition) is 2. The van der Waals surface area contributed by atoms with Crippen LogP contribution in [0.5, 0.6) is 5.75 Å². The molecule has 0 heterocycles. The van der Waals surface area contributed by atoms with Gasteiger partial charge in [-0.3, -0.25) is 0 Å². The van der Waals surface area contributed by atoms with Crippen molar-refractivity contribution in [2.24, 2.45) is 0 Å². The number of aliphatic hydroxyl groups is 1. The number of anilines is 1. The van der Waals surface area contributed by atoms with Crippen LogP contribution in [0.3, 0.4) is 0 Å². The molecule has 106 valence electrons. The number of hydrogen-bond acceptors (Lipinski definition) is 3. The van der Waals surface area contributed by atoms with Crippen molar-refractivity contribution in [2.75, 3.05) is 18.5 Å². The van der Waals surface area contributed by atoms with Crippen LogP contribution in [-0.4, -0.2) is 24.4 Å². The van der Waals surface area contributed by atoms with E-state index in [1.807, 2.05) is 55.5 Å². The highest BCUT2D eigenvalue weighted by Crippen LogP contribution is 2.25. The number of ether oxygens (including phenoxy) is 1. The third kappa shape index (κ3) is 4.25. The molecule has 2 rings (SSSR count). The molecule has 0 spiro atoms. The lowest BCUT2D eigenvalue weighted by Crippen LogP contribution is -2.26. The molecular formula is C16H18BrNO2. The lowest BCUT2D eigenvalue weighted by atomic mass is 10.2. The molecule has 0 aliphatic rings. The molecule has 20 heavy (non-hydrogen) atoms. The van der Waals surface area contributed by atoms with E-state index in [4.69, 9.17) is 4.74 Å². The summed E-state index contributed by atoms with van der Waals surface area (Å²) in [5, 5.41) is 13.1. The Labute approximate surface area is 127 Å². The molecule has 1 unspecified atom stereocenters. The molecule has 0 saturated heterocycles. The maximum atomic E-state index is 9.93. The van der Waals surface area contributed by atoms with Crippen LogP contribution in [0.1, 0.15) is 5.56 Å². The minimum atomic E-state index is -0.567. The zero-order valence-electron chi connectivity index (χ0n) is 11.3. The first-order chi connectivity index (χ1) is 9.66. The topological polar surface area (TPSA) is 41.5 Å². The van der Waals surface area contributed by atoms with Crippen LogP contribution in [0.15, 0.2) is 53.0 Å². The van der Waals surface area contributed by atoms with Crippen LogP contribution in [-0.2, 0) is 0 Å². The summed E-state index contributed by atoms with van der Waals surface area (Å²) in [6, 6.07) is 15.5. The largest absolute Gasteiger partial charge is 0.491 e. The Bertz CT molecular complexity index is 545. The minimum absolute atomic E-state index is 0.264. The van der Waals surface area contributed by atoms with Gasteiger partial charge in [0.05, 0.1) is 0 Å². The maximum absolute atomic E-state index is 9.93. The summed E-state index contributed by atoms with van der Waals surface area (Å²) in [5.74, 6) is 0.767. The van der Waals surface area contributed by atoms with E-state index in [-0.39, 0.29) is 6.61 Å². The second kappa shape index (κ2) is 7.31. The first kappa shape index (κ1) is 14.9. The van der Waals surface area contributed by atoms with Crippen molar-refractivity contribution in [3.05, 3.63) is 58.6 Å².